The third-order valence-corrected chi connectivity index (χ3v) is 3.79. The fourth-order valence-electron chi connectivity index (χ4n) is 2.87. The van der Waals surface area contributed by atoms with Crippen LogP contribution in [0.3, 0.4) is 0 Å². The Balaban J connectivity index is 1.96. The van der Waals surface area contributed by atoms with E-state index in [1.807, 2.05) is 31.2 Å². The number of anilines is 1. The van der Waals surface area contributed by atoms with Crippen molar-refractivity contribution in [2.24, 2.45) is 0 Å². The average molecular weight is 307 g/mol. The Morgan fingerprint density at radius 2 is 1.91 bits per heavy atom. The molecule has 2 aromatic carbocycles. The monoisotopic (exact) mass is 307 g/mol. The van der Waals surface area contributed by atoms with Crippen LogP contribution in [0.4, 0.5) is 18.9 Å². The van der Waals surface area contributed by atoms with Crippen LogP contribution in [-0.4, -0.2) is 6.61 Å². The highest BCUT2D eigenvalue weighted by atomic mass is 19.4. The van der Waals surface area contributed by atoms with Gasteiger partial charge in [-0.3, -0.25) is 0 Å². The van der Waals surface area contributed by atoms with Gasteiger partial charge in [0.2, 0.25) is 0 Å². The highest BCUT2D eigenvalue weighted by molar-refractivity contribution is 5.65. The van der Waals surface area contributed by atoms with Crippen LogP contribution in [0.1, 0.15) is 29.7 Å². The molecule has 0 fully saturated rings. The zero-order valence-electron chi connectivity index (χ0n) is 12.1. The SMILES string of the molecule is CCOc1ccccc1C1Cc2cccc(C(F)(F)F)c2N1. The van der Waals surface area contributed by atoms with Gasteiger partial charge in [0.05, 0.1) is 23.9 Å². The van der Waals surface area contributed by atoms with Crippen molar-refractivity contribution < 1.29 is 17.9 Å². The van der Waals surface area contributed by atoms with Crippen molar-refractivity contribution >= 4 is 5.69 Å². The topological polar surface area (TPSA) is 21.3 Å². The molecule has 0 radical (unpaired) electrons. The third-order valence-electron chi connectivity index (χ3n) is 3.79. The molecule has 0 bridgehead atoms. The van der Waals surface area contributed by atoms with Crippen LogP contribution in [0, 0.1) is 0 Å². The number of halogens is 3. The first kappa shape index (κ1) is 14.8. The fraction of sp³-hybridized carbons (Fsp3) is 0.294. The van der Waals surface area contributed by atoms with Crippen LogP contribution in [-0.2, 0) is 12.6 Å². The quantitative estimate of drug-likeness (QED) is 0.878. The second-order valence-electron chi connectivity index (χ2n) is 5.21. The Labute approximate surface area is 126 Å². The maximum absolute atomic E-state index is 13.1. The van der Waals surface area contributed by atoms with E-state index in [1.165, 1.54) is 6.07 Å². The number of benzene rings is 2. The van der Waals surface area contributed by atoms with Gasteiger partial charge in [-0.25, -0.2) is 0 Å². The Bertz CT molecular complexity index is 682. The summed E-state index contributed by atoms with van der Waals surface area (Å²) in [6.07, 6.45) is -3.84. The molecule has 116 valence electrons. The number of alkyl halides is 3. The summed E-state index contributed by atoms with van der Waals surface area (Å²) in [6.45, 7) is 2.40. The van der Waals surface area contributed by atoms with Gasteiger partial charge in [-0.2, -0.15) is 13.2 Å². The summed E-state index contributed by atoms with van der Waals surface area (Å²) < 4.78 is 44.9. The molecular formula is C17H16F3NO. The van der Waals surface area contributed by atoms with Gasteiger partial charge >= 0.3 is 6.18 Å². The molecule has 1 unspecified atom stereocenters. The minimum atomic E-state index is -4.35. The summed E-state index contributed by atoms with van der Waals surface area (Å²) in [5.74, 6) is 0.712. The van der Waals surface area contributed by atoms with E-state index in [9.17, 15) is 13.2 Å². The van der Waals surface area contributed by atoms with Crippen LogP contribution < -0.4 is 10.1 Å². The van der Waals surface area contributed by atoms with Gasteiger partial charge in [0.15, 0.2) is 0 Å². The molecule has 0 saturated heterocycles. The number of hydrogen-bond donors (Lipinski definition) is 1. The lowest BCUT2D eigenvalue weighted by Gasteiger charge is -2.17. The highest BCUT2D eigenvalue weighted by Gasteiger charge is 2.37. The second-order valence-corrected chi connectivity index (χ2v) is 5.21. The predicted octanol–water partition coefficient (Wildman–Crippen LogP) is 4.81. The molecule has 2 aromatic rings. The van der Waals surface area contributed by atoms with Crippen molar-refractivity contribution in [1.29, 1.82) is 0 Å². The van der Waals surface area contributed by atoms with Crippen molar-refractivity contribution in [3.8, 4) is 5.75 Å². The third kappa shape index (κ3) is 2.63. The molecule has 0 aromatic heterocycles. The number of ether oxygens (including phenoxy) is 1. The maximum Gasteiger partial charge on any atom is 0.418 e. The van der Waals surface area contributed by atoms with Gasteiger partial charge in [-0.15, -0.1) is 0 Å². The molecule has 0 spiro atoms. The van der Waals surface area contributed by atoms with E-state index in [2.05, 4.69) is 5.32 Å². The zero-order valence-corrected chi connectivity index (χ0v) is 12.1. The summed E-state index contributed by atoms with van der Waals surface area (Å²) in [4.78, 5) is 0. The van der Waals surface area contributed by atoms with Gasteiger partial charge in [-0.05, 0) is 31.0 Å². The van der Waals surface area contributed by atoms with Crippen LogP contribution >= 0.6 is 0 Å². The number of hydrogen-bond acceptors (Lipinski definition) is 2. The first-order chi connectivity index (χ1) is 10.5. The molecule has 0 saturated carbocycles. The molecule has 1 N–H and O–H groups in total. The molecule has 0 aliphatic carbocycles. The Hall–Kier alpha value is -2.17. The molecule has 22 heavy (non-hydrogen) atoms. The van der Waals surface area contributed by atoms with E-state index in [0.29, 0.717) is 24.3 Å². The predicted molar refractivity (Wildman–Crippen MR) is 79.1 cm³/mol. The lowest BCUT2D eigenvalue weighted by molar-refractivity contribution is -0.136. The number of para-hydroxylation sites is 2. The second kappa shape index (κ2) is 5.55. The molecular weight excluding hydrogens is 291 g/mol. The zero-order chi connectivity index (χ0) is 15.7. The van der Waals surface area contributed by atoms with Crippen molar-refractivity contribution in [3.63, 3.8) is 0 Å². The maximum atomic E-state index is 13.1. The van der Waals surface area contributed by atoms with Crippen LogP contribution in [0.15, 0.2) is 42.5 Å². The molecule has 0 amide bonds. The Kier molecular flexibility index (Phi) is 3.72. The van der Waals surface area contributed by atoms with Gasteiger partial charge in [0.25, 0.3) is 0 Å². The Morgan fingerprint density at radius 1 is 1.14 bits per heavy atom. The number of rotatable bonds is 3. The number of nitrogens with one attached hydrogen (secondary N) is 1. The van der Waals surface area contributed by atoms with E-state index in [-0.39, 0.29) is 11.7 Å². The van der Waals surface area contributed by atoms with Gasteiger partial charge in [0.1, 0.15) is 5.75 Å². The smallest absolute Gasteiger partial charge is 0.418 e. The lowest BCUT2D eigenvalue weighted by Crippen LogP contribution is -2.11. The molecule has 2 nitrogen and oxygen atoms in total. The van der Waals surface area contributed by atoms with Crippen molar-refractivity contribution in [2.45, 2.75) is 25.6 Å². The van der Waals surface area contributed by atoms with Crippen molar-refractivity contribution in [1.82, 2.24) is 0 Å². The average Bonchev–Trinajstić information content (AvgIpc) is 2.90. The van der Waals surface area contributed by atoms with Crippen LogP contribution in [0.5, 0.6) is 5.75 Å². The molecule has 3 rings (SSSR count). The minimum Gasteiger partial charge on any atom is -0.494 e. The van der Waals surface area contributed by atoms with Crippen LogP contribution in [0.2, 0.25) is 0 Å². The molecule has 5 heteroatoms. The minimum absolute atomic E-state index is 0.186. The summed E-state index contributed by atoms with van der Waals surface area (Å²) in [5, 5.41) is 3.02. The number of fused-ring (bicyclic) bond motifs is 1. The first-order valence-corrected chi connectivity index (χ1v) is 7.18. The van der Waals surface area contributed by atoms with Gasteiger partial charge in [-0.1, -0.05) is 30.3 Å². The molecule has 1 heterocycles. The van der Waals surface area contributed by atoms with Crippen LogP contribution in [0.25, 0.3) is 0 Å². The van der Waals surface area contributed by atoms with E-state index in [0.717, 1.165) is 11.6 Å². The summed E-state index contributed by atoms with van der Waals surface area (Å²) >= 11 is 0. The van der Waals surface area contributed by atoms with E-state index >= 15 is 0 Å². The van der Waals surface area contributed by atoms with E-state index < -0.39 is 11.7 Å². The van der Waals surface area contributed by atoms with Crippen molar-refractivity contribution in [3.05, 3.63) is 59.2 Å². The first-order valence-electron chi connectivity index (χ1n) is 7.18. The van der Waals surface area contributed by atoms with Gasteiger partial charge < -0.3 is 10.1 Å². The van der Waals surface area contributed by atoms with Crippen molar-refractivity contribution in [2.75, 3.05) is 11.9 Å². The largest absolute Gasteiger partial charge is 0.494 e. The summed E-state index contributed by atoms with van der Waals surface area (Å²) in [6, 6.07) is 11.6. The summed E-state index contributed by atoms with van der Waals surface area (Å²) in [7, 11) is 0. The molecule has 1 atom stereocenters. The Morgan fingerprint density at radius 3 is 2.64 bits per heavy atom. The summed E-state index contributed by atoms with van der Waals surface area (Å²) in [5.41, 5.74) is 1.15. The normalized spacial score (nSPS) is 17.0. The lowest BCUT2D eigenvalue weighted by atomic mass is 10.0. The van der Waals surface area contributed by atoms with E-state index in [1.54, 1.807) is 6.07 Å². The standard InChI is InChI=1S/C17H16F3NO/c1-2-22-15-9-4-3-7-12(15)14-10-11-6-5-8-13(16(11)21-14)17(18,19)20/h3-9,14,21H,2,10H2,1H3. The van der Waals surface area contributed by atoms with Gasteiger partial charge in [0, 0.05) is 5.56 Å². The molecule has 1 aliphatic heterocycles. The highest BCUT2D eigenvalue weighted by Crippen LogP contribution is 2.44. The van der Waals surface area contributed by atoms with E-state index in [4.69, 9.17) is 4.74 Å². The molecule has 1 aliphatic rings. The fourth-order valence-corrected chi connectivity index (χ4v) is 2.87.